The van der Waals surface area contributed by atoms with E-state index in [1.54, 1.807) is 0 Å². The van der Waals surface area contributed by atoms with Crippen LogP contribution in [0.2, 0.25) is 0 Å². The third-order valence-electron chi connectivity index (χ3n) is 4.54. The molecular formula is C17H25N3. The Labute approximate surface area is 122 Å². The van der Waals surface area contributed by atoms with Crippen molar-refractivity contribution in [3.63, 3.8) is 0 Å². The van der Waals surface area contributed by atoms with E-state index in [1.165, 1.54) is 12.8 Å². The summed E-state index contributed by atoms with van der Waals surface area (Å²) in [6.07, 6.45) is 2.43. The molecule has 0 aliphatic carbocycles. The number of likely N-dealkylation sites (tertiary alicyclic amines) is 1. The third-order valence-corrected chi connectivity index (χ3v) is 4.54. The molecule has 1 fully saturated rings. The summed E-state index contributed by atoms with van der Waals surface area (Å²) >= 11 is 0. The summed E-state index contributed by atoms with van der Waals surface area (Å²) < 4.78 is 0. The lowest BCUT2D eigenvalue weighted by Crippen LogP contribution is -2.49. The number of nitriles is 1. The van der Waals surface area contributed by atoms with Crippen LogP contribution in [0.1, 0.15) is 32.3 Å². The van der Waals surface area contributed by atoms with Crippen LogP contribution in [-0.4, -0.2) is 24.5 Å². The molecule has 2 rings (SSSR count). The predicted molar refractivity (Wildman–Crippen MR) is 81.9 cm³/mol. The van der Waals surface area contributed by atoms with Crippen molar-refractivity contribution in [3.05, 3.63) is 35.9 Å². The summed E-state index contributed by atoms with van der Waals surface area (Å²) in [5.41, 5.74) is 6.35. The smallest absolute Gasteiger partial charge is 0.142 e. The molecule has 1 aromatic rings. The average molecular weight is 271 g/mol. The maximum absolute atomic E-state index is 9.51. The molecule has 1 heterocycles. The number of rotatable bonds is 4. The molecule has 108 valence electrons. The van der Waals surface area contributed by atoms with E-state index in [0.717, 1.165) is 30.5 Å². The summed E-state index contributed by atoms with van der Waals surface area (Å²) in [5.74, 6) is 1.57. The summed E-state index contributed by atoms with van der Waals surface area (Å²) in [6, 6.07) is 12.1. The molecular weight excluding hydrogens is 246 g/mol. The minimum atomic E-state index is -0.897. The van der Waals surface area contributed by atoms with Gasteiger partial charge in [0, 0.05) is 6.54 Å². The molecule has 0 amide bonds. The average Bonchev–Trinajstić information content (AvgIpc) is 2.48. The second-order valence-electron chi connectivity index (χ2n) is 6.31. The molecule has 1 aliphatic heterocycles. The molecule has 0 spiro atoms. The quantitative estimate of drug-likeness (QED) is 0.916. The number of benzene rings is 1. The predicted octanol–water partition coefficient (Wildman–Crippen LogP) is 2.73. The molecule has 0 aromatic heterocycles. The molecule has 2 N–H and O–H groups in total. The molecule has 20 heavy (non-hydrogen) atoms. The molecule has 1 aliphatic rings. The van der Waals surface area contributed by atoms with Gasteiger partial charge < -0.3 is 10.6 Å². The molecule has 3 nitrogen and oxygen atoms in total. The summed E-state index contributed by atoms with van der Waals surface area (Å²) in [6.45, 7) is 7.32. The van der Waals surface area contributed by atoms with Crippen LogP contribution in [-0.2, 0) is 5.54 Å². The van der Waals surface area contributed by atoms with E-state index in [-0.39, 0.29) is 0 Å². The van der Waals surface area contributed by atoms with Crippen molar-refractivity contribution in [1.82, 2.24) is 4.90 Å². The Hall–Kier alpha value is -1.37. The zero-order chi connectivity index (χ0) is 14.6. The molecule has 3 heteroatoms. The van der Waals surface area contributed by atoms with Gasteiger partial charge in [0.05, 0.1) is 6.07 Å². The van der Waals surface area contributed by atoms with E-state index < -0.39 is 5.54 Å². The highest BCUT2D eigenvalue weighted by molar-refractivity contribution is 5.31. The number of hydrogen-bond acceptors (Lipinski definition) is 3. The second kappa shape index (κ2) is 6.39. The molecule has 1 saturated heterocycles. The van der Waals surface area contributed by atoms with Crippen LogP contribution in [0.25, 0.3) is 0 Å². The van der Waals surface area contributed by atoms with Gasteiger partial charge in [-0.25, -0.2) is 0 Å². The summed E-state index contributed by atoms with van der Waals surface area (Å²) in [4.78, 5) is 2.34. The Morgan fingerprint density at radius 3 is 2.40 bits per heavy atom. The van der Waals surface area contributed by atoms with Gasteiger partial charge in [0.25, 0.3) is 0 Å². The maximum atomic E-state index is 9.51. The fourth-order valence-corrected chi connectivity index (χ4v) is 3.06. The fourth-order valence-electron chi connectivity index (χ4n) is 3.06. The lowest BCUT2D eigenvalue weighted by atomic mass is 9.85. The first kappa shape index (κ1) is 15.0. The Morgan fingerprint density at radius 1 is 1.30 bits per heavy atom. The van der Waals surface area contributed by atoms with E-state index in [9.17, 15) is 5.26 Å². The minimum Gasteiger partial charge on any atom is -0.309 e. The van der Waals surface area contributed by atoms with Crippen LogP contribution in [0.5, 0.6) is 0 Å². The Bertz CT molecular complexity index is 455. The van der Waals surface area contributed by atoms with Gasteiger partial charge in [0.1, 0.15) is 5.54 Å². The Morgan fingerprint density at radius 2 is 1.90 bits per heavy atom. The molecule has 1 aromatic carbocycles. The molecule has 0 bridgehead atoms. The minimum absolute atomic E-state index is 0.623. The van der Waals surface area contributed by atoms with Crippen molar-refractivity contribution in [1.29, 1.82) is 5.26 Å². The van der Waals surface area contributed by atoms with Gasteiger partial charge in [-0.05, 0) is 43.3 Å². The topological polar surface area (TPSA) is 53.0 Å². The van der Waals surface area contributed by atoms with Crippen LogP contribution >= 0.6 is 0 Å². The highest BCUT2D eigenvalue weighted by Gasteiger charge is 2.32. The molecule has 0 saturated carbocycles. The zero-order valence-electron chi connectivity index (χ0n) is 12.5. The van der Waals surface area contributed by atoms with Crippen LogP contribution in [0.4, 0.5) is 0 Å². The number of hydrogen-bond donors (Lipinski definition) is 1. The highest BCUT2D eigenvalue weighted by atomic mass is 15.2. The van der Waals surface area contributed by atoms with Crippen LogP contribution < -0.4 is 5.73 Å². The summed E-state index contributed by atoms with van der Waals surface area (Å²) in [5, 5.41) is 9.51. The first-order valence-corrected chi connectivity index (χ1v) is 7.53. The fraction of sp³-hybridized carbons (Fsp3) is 0.588. The van der Waals surface area contributed by atoms with Gasteiger partial charge in [-0.2, -0.15) is 5.26 Å². The number of nitrogens with zero attached hydrogens (tertiary/aromatic N) is 2. The molecule has 0 radical (unpaired) electrons. The largest absolute Gasteiger partial charge is 0.309 e. The number of nitrogens with two attached hydrogens (primary N) is 1. The standard InChI is InChI=1S/C17H25N3/c1-14(2)15-8-10-20(11-9-15)13-17(19,12-18)16-6-4-3-5-7-16/h3-7,14-15H,8-11,13,19H2,1-2H3. The highest BCUT2D eigenvalue weighted by Crippen LogP contribution is 2.27. The van der Waals surface area contributed by atoms with Crippen LogP contribution in [0, 0.1) is 23.2 Å². The van der Waals surface area contributed by atoms with Crippen LogP contribution in [0.15, 0.2) is 30.3 Å². The normalized spacial score (nSPS) is 20.6. The van der Waals surface area contributed by atoms with Gasteiger partial charge in [0.2, 0.25) is 0 Å². The lowest BCUT2D eigenvalue weighted by molar-refractivity contribution is 0.141. The first-order valence-electron chi connectivity index (χ1n) is 7.53. The molecule has 1 atom stereocenters. The molecule has 1 unspecified atom stereocenters. The van der Waals surface area contributed by atoms with Gasteiger partial charge in [-0.15, -0.1) is 0 Å². The lowest BCUT2D eigenvalue weighted by Gasteiger charge is -2.37. The summed E-state index contributed by atoms with van der Waals surface area (Å²) in [7, 11) is 0. The zero-order valence-corrected chi connectivity index (χ0v) is 12.5. The van der Waals surface area contributed by atoms with Crippen molar-refractivity contribution in [2.75, 3.05) is 19.6 Å². The monoisotopic (exact) mass is 271 g/mol. The maximum Gasteiger partial charge on any atom is 0.142 e. The van der Waals surface area contributed by atoms with Gasteiger partial charge in [0.15, 0.2) is 0 Å². The van der Waals surface area contributed by atoms with Crippen molar-refractivity contribution in [2.45, 2.75) is 32.2 Å². The van der Waals surface area contributed by atoms with Crippen LogP contribution in [0.3, 0.4) is 0 Å². The second-order valence-corrected chi connectivity index (χ2v) is 6.31. The third kappa shape index (κ3) is 3.39. The van der Waals surface area contributed by atoms with E-state index in [0.29, 0.717) is 6.54 Å². The van der Waals surface area contributed by atoms with E-state index in [2.05, 4.69) is 24.8 Å². The van der Waals surface area contributed by atoms with Gasteiger partial charge in [-0.3, -0.25) is 0 Å². The first-order chi connectivity index (χ1) is 9.55. The van der Waals surface area contributed by atoms with Crippen molar-refractivity contribution >= 4 is 0 Å². The Kier molecular flexibility index (Phi) is 4.80. The van der Waals surface area contributed by atoms with E-state index in [1.807, 2.05) is 30.3 Å². The number of piperidine rings is 1. The van der Waals surface area contributed by atoms with Crippen molar-refractivity contribution in [2.24, 2.45) is 17.6 Å². The van der Waals surface area contributed by atoms with Gasteiger partial charge in [-0.1, -0.05) is 44.2 Å². The SMILES string of the molecule is CC(C)C1CCN(CC(N)(C#N)c2ccccc2)CC1. The van der Waals surface area contributed by atoms with Crippen molar-refractivity contribution in [3.8, 4) is 6.07 Å². The van der Waals surface area contributed by atoms with Gasteiger partial charge >= 0.3 is 0 Å². The van der Waals surface area contributed by atoms with Crippen molar-refractivity contribution < 1.29 is 0 Å². The van der Waals surface area contributed by atoms with E-state index >= 15 is 0 Å². The van der Waals surface area contributed by atoms with E-state index in [4.69, 9.17) is 5.73 Å². The Balaban J connectivity index is 2.00.